The van der Waals surface area contributed by atoms with Crippen molar-refractivity contribution in [2.75, 3.05) is 25.4 Å². The first kappa shape index (κ1) is 24.4. The lowest BCUT2D eigenvalue weighted by Crippen LogP contribution is -2.44. The number of nitrogens with two attached hydrogens (primary N) is 1. The normalized spacial score (nSPS) is 16.8. The molecule has 0 saturated heterocycles. The Morgan fingerprint density at radius 2 is 1.79 bits per heavy atom. The number of rotatable bonds is 7. The van der Waals surface area contributed by atoms with Crippen LogP contribution in [0.5, 0.6) is 0 Å². The molecule has 0 spiro atoms. The van der Waals surface area contributed by atoms with Crippen LogP contribution in [0.2, 0.25) is 0 Å². The van der Waals surface area contributed by atoms with Crippen molar-refractivity contribution in [2.24, 2.45) is 0 Å². The summed E-state index contributed by atoms with van der Waals surface area (Å²) in [7, 11) is 0. The summed E-state index contributed by atoms with van der Waals surface area (Å²) in [5, 5.41) is 15.6. The van der Waals surface area contributed by atoms with Gasteiger partial charge in [0.05, 0.1) is 29.5 Å². The van der Waals surface area contributed by atoms with Crippen molar-refractivity contribution in [1.29, 1.82) is 0 Å². The predicted molar refractivity (Wildman–Crippen MR) is 135 cm³/mol. The summed E-state index contributed by atoms with van der Waals surface area (Å²) in [6, 6.07) is 14.4. The molecule has 4 aromatic rings. The highest BCUT2D eigenvalue weighted by molar-refractivity contribution is 6.21. The highest BCUT2D eigenvalue weighted by Gasteiger charge is 2.40. The monoisotopic (exact) mass is 528 g/mol. The maximum absolute atomic E-state index is 13.2. The molecule has 0 radical (unpaired) electrons. The van der Waals surface area contributed by atoms with Gasteiger partial charge in [-0.2, -0.15) is 4.68 Å². The van der Waals surface area contributed by atoms with E-state index in [1.165, 1.54) is 9.58 Å². The van der Waals surface area contributed by atoms with Crippen LogP contribution in [0.4, 0.5) is 5.82 Å². The molecule has 2 aliphatic heterocycles. The van der Waals surface area contributed by atoms with Crippen molar-refractivity contribution in [3.63, 3.8) is 0 Å². The van der Waals surface area contributed by atoms with Crippen molar-refractivity contribution in [2.45, 2.75) is 25.9 Å². The largest absolute Gasteiger partial charge is 0.461 e. The lowest BCUT2D eigenvalue weighted by atomic mass is 9.92. The third-order valence-corrected chi connectivity index (χ3v) is 7.04. The zero-order chi connectivity index (χ0) is 27.1. The van der Waals surface area contributed by atoms with Crippen molar-refractivity contribution in [3.05, 3.63) is 82.2 Å². The zero-order valence-corrected chi connectivity index (χ0v) is 21.0. The lowest BCUT2D eigenvalue weighted by molar-refractivity contribution is 0.0515. The standard InChI is InChI=1S/C26H24N8O5/c1-2-38-26(37)21-20(34(31-28-21)23-22(27)29-39-30-23)13-32-12-11-15-7-3-4-8-16(15)19(32)14-33-24(35)17-9-5-6-10-18(17)25(33)36/h3-10,19H,2,11-14H2,1H3,(H2,27,29)/t19-/m0/s1. The van der Waals surface area contributed by atoms with Gasteiger partial charge < -0.3 is 10.5 Å². The molecule has 13 nitrogen and oxygen atoms in total. The van der Waals surface area contributed by atoms with E-state index in [0.29, 0.717) is 23.4 Å². The van der Waals surface area contributed by atoms with E-state index in [9.17, 15) is 14.4 Å². The second-order valence-electron chi connectivity index (χ2n) is 9.19. The Kier molecular flexibility index (Phi) is 6.11. The van der Waals surface area contributed by atoms with E-state index < -0.39 is 5.97 Å². The molecule has 0 unspecified atom stereocenters. The number of carbonyl (C=O) groups is 3. The lowest BCUT2D eigenvalue weighted by Gasteiger charge is -2.38. The van der Waals surface area contributed by atoms with E-state index >= 15 is 0 Å². The number of carbonyl (C=O) groups excluding carboxylic acids is 3. The van der Waals surface area contributed by atoms with Gasteiger partial charge in [0, 0.05) is 19.6 Å². The summed E-state index contributed by atoms with van der Waals surface area (Å²) in [6.07, 6.45) is 0.721. The molecule has 4 heterocycles. The van der Waals surface area contributed by atoms with Crippen molar-refractivity contribution in [3.8, 4) is 5.82 Å². The number of aromatic nitrogens is 5. The average Bonchev–Trinajstić information content (AvgIpc) is 3.62. The molecule has 198 valence electrons. The quantitative estimate of drug-likeness (QED) is 0.275. The third kappa shape index (κ3) is 4.12. The number of imide groups is 1. The number of benzene rings is 2. The molecular weight excluding hydrogens is 504 g/mol. The van der Waals surface area contributed by atoms with Crippen LogP contribution in [0.25, 0.3) is 5.82 Å². The molecule has 0 aliphatic carbocycles. The number of anilines is 1. The molecular formula is C26H24N8O5. The summed E-state index contributed by atoms with van der Waals surface area (Å²) < 4.78 is 11.3. The Bertz CT molecular complexity index is 1560. The fraction of sp³-hybridized carbons (Fsp3) is 0.269. The molecule has 2 aromatic heterocycles. The average molecular weight is 529 g/mol. The van der Waals surface area contributed by atoms with Gasteiger partial charge in [0.2, 0.25) is 11.6 Å². The second kappa shape index (κ2) is 9.76. The topological polar surface area (TPSA) is 163 Å². The number of hydrogen-bond donors (Lipinski definition) is 1. The highest BCUT2D eigenvalue weighted by Crippen LogP contribution is 2.34. The summed E-state index contributed by atoms with van der Waals surface area (Å²) in [5.41, 5.74) is 9.17. The molecule has 0 bridgehead atoms. The van der Waals surface area contributed by atoms with Crippen molar-refractivity contribution < 1.29 is 23.7 Å². The van der Waals surface area contributed by atoms with Gasteiger partial charge in [-0.3, -0.25) is 19.4 Å². The predicted octanol–water partition coefficient (Wildman–Crippen LogP) is 1.80. The number of fused-ring (bicyclic) bond motifs is 2. The van der Waals surface area contributed by atoms with E-state index in [0.717, 1.165) is 17.5 Å². The number of esters is 1. The molecule has 2 aromatic carbocycles. The summed E-state index contributed by atoms with van der Waals surface area (Å²) in [5.74, 6) is -1.26. The van der Waals surface area contributed by atoms with E-state index in [1.54, 1.807) is 31.2 Å². The van der Waals surface area contributed by atoms with Gasteiger partial charge in [0.25, 0.3) is 11.8 Å². The fourth-order valence-corrected chi connectivity index (χ4v) is 5.19. The minimum atomic E-state index is -0.650. The third-order valence-electron chi connectivity index (χ3n) is 7.04. The Balaban J connectivity index is 1.39. The Hall–Kier alpha value is -4.91. The van der Waals surface area contributed by atoms with Crippen LogP contribution >= 0.6 is 0 Å². The van der Waals surface area contributed by atoms with E-state index in [4.69, 9.17) is 15.1 Å². The van der Waals surface area contributed by atoms with Gasteiger partial charge in [-0.25, -0.2) is 9.42 Å². The first-order valence-corrected chi connectivity index (χ1v) is 12.4. The molecule has 6 rings (SSSR count). The van der Waals surface area contributed by atoms with Gasteiger partial charge in [-0.05, 0) is 46.9 Å². The molecule has 0 saturated carbocycles. The summed E-state index contributed by atoms with van der Waals surface area (Å²) >= 11 is 0. The minimum Gasteiger partial charge on any atom is -0.461 e. The minimum absolute atomic E-state index is 0.00223. The van der Waals surface area contributed by atoms with E-state index in [-0.39, 0.29) is 54.9 Å². The number of ether oxygens (including phenoxy) is 1. The van der Waals surface area contributed by atoms with E-state index in [1.807, 2.05) is 24.3 Å². The molecule has 1 atom stereocenters. The van der Waals surface area contributed by atoms with Crippen LogP contribution in [0.15, 0.2) is 53.2 Å². The number of nitrogens with zero attached hydrogens (tertiary/aromatic N) is 7. The maximum Gasteiger partial charge on any atom is 0.360 e. The molecule has 2 amide bonds. The van der Waals surface area contributed by atoms with Crippen molar-refractivity contribution >= 4 is 23.6 Å². The molecule has 0 fully saturated rings. The number of amides is 2. The first-order valence-electron chi connectivity index (χ1n) is 12.4. The van der Waals surface area contributed by atoms with Crippen LogP contribution in [-0.2, 0) is 17.7 Å². The van der Waals surface area contributed by atoms with Crippen LogP contribution in [-0.4, -0.2) is 72.6 Å². The fourth-order valence-electron chi connectivity index (χ4n) is 5.19. The molecule has 13 heteroatoms. The van der Waals surface area contributed by atoms with Gasteiger partial charge >= 0.3 is 5.97 Å². The molecule has 2 N–H and O–H groups in total. The Morgan fingerprint density at radius 3 is 2.49 bits per heavy atom. The molecule has 39 heavy (non-hydrogen) atoms. The van der Waals surface area contributed by atoms with Crippen LogP contribution in [0.3, 0.4) is 0 Å². The summed E-state index contributed by atoms with van der Waals surface area (Å²) in [6.45, 7) is 2.70. The van der Waals surface area contributed by atoms with Gasteiger partial charge in [-0.1, -0.05) is 41.6 Å². The van der Waals surface area contributed by atoms with Crippen LogP contribution in [0, 0.1) is 0 Å². The Labute approximate surface area is 222 Å². The Morgan fingerprint density at radius 1 is 1.08 bits per heavy atom. The van der Waals surface area contributed by atoms with Crippen molar-refractivity contribution in [1.82, 2.24) is 35.1 Å². The van der Waals surface area contributed by atoms with Gasteiger partial charge in [-0.15, -0.1) is 5.10 Å². The second-order valence-corrected chi connectivity index (χ2v) is 9.19. The number of hydrogen-bond acceptors (Lipinski definition) is 11. The zero-order valence-electron chi connectivity index (χ0n) is 21.0. The van der Waals surface area contributed by atoms with Gasteiger partial charge in [0.1, 0.15) is 0 Å². The molecule has 2 aliphatic rings. The smallest absolute Gasteiger partial charge is 0.360 e. The number of nitrogen functional groups attached to an aromatic ring is 1. The highest BCUT2D eigenvalue weighted by atomic mass is 16.6. The van der Waals surface area contributed by atoms with Crippen LogP contribution in [0.1, 0.15) is 61.0 Å². The first-order chi connectivity index (χ1) is 19.0. The van der Waals surface area contributed by atoms with E-state index in [2.05, 4.69) is 25.5 Å². The van der Waals surface area contributed by atoms with Gasteiger partial charge in [0.15, 0.2) is 5.69 Å². The SMILES string of the molecule is CCOC(=O)c1nnn(-c2nonc2N)c1CN1CCc2ccccc2[C@@H]1CN1C(=O)c2ccccc2C1=O. The van der Waals surface area contributed by atoms with Crippen LogP contribution < -0.4 is 5.73 Å². The summed E-state index contributed by atoms with van der Waals surface area (Å²) in [4.78, 5) is 42.6. The maximum atomic E-state index is 13.2.